The van der Waals surface area contributed by atoms with Crippen molar-refractivity contribution in [2.45, 2.75) is 77.4 Å². The van der Waals surface area contributed by atoms with Crippen molar-refractivity contribution in [2.24, 2.45) is 0 Å². The average molecular weight is 301 g/mol. The Hall–Kier alpha value is -0.220. The number of thioether (sulfide) groups is 1. The molecule has 1 amide bonds. The lowest BCUT2D eigenvalue weighted by atomic mass is 9.99. The van der Waals surface area contributed by atoms with Crippen molar-refractivity contribution in [3.05, 3.63) is 0 Å². The van der Waals surface area contributed by atoms with Gasteiger partial charge in [0.15, 0.2) is 0 Å². The molecule has 4 heteroatoms. The predicted molar refractivity (Wildman–Crippen MR) is 89.1 cm³/mol. The second-order valence-electron chi connectivity index (χ2n) is 6.04. The fourth-order valence-corrected chi connectivity index (χ4v) is 3.35. The summed E-state index contributed by atoms with van der Waals surface area (Å²) in [5.74, 6) is 1.57. The molecule has 2 unspecified atom stereocenters. The molecule has 1 fully saturated rings. The standard InChI is InChI=1S/C16H32N2OS/c1-5-11-14-17-16(3,6-2)15(19)18(14)12-9-7-8-10-13-20-4/h14,17H,5-13H2,1-4H3. The summed E-state index contributed by atoms with van der Waals surface area (Å²) in [5, 5.41) is 3.55. The Morgan fingerprint density at radius 3 is 2.55 bits per heavy atom. The minimum absolute atomic E-state index is 0.253. The summed E-state index contributed by atoms with van der Waals surface area (Å²) in [6.45, 7) is 7.26. The van der Waals surface area contributed by atoms with Crippen LogP contribution in [0.2, 0.25) is 0 Å². The number of rotatable bonds is 10. The molecule has 0 radical (unpaired) electrons. The molecule has 0 aromatic heterocycles. The van der Waals surface area contributed by atoms with Gasteiger partial charge in [-0.25, -0.2) is 0 Å². The number of carbonyl (C=O) groups is 1. The first-order valence-electron chi connectivity index (χ1n) is 8.16. The predicted octanol–water partition coefficient (Wildman–Crippen LogP) is 3.64. The molecule has 0 aromatic rings. The van der Waals surface area contributed by atoms with Crippen LogP contribution in [-0.4, -0.2) is 41.1 Å². The Morgan fingerprint density at radius 2 is 1.95 bits per heavy atom. The molecule has 0 spiro atoms. The molecule has 1 heterocycles. The van der Waals surface area contributed by atoms with E-state index in [-0.39, 0.29) is 11.7 Å². The molecule has 1 aliphatic heterocycles. The van der Waals surface area contributed by atoms with E-state index < -0.39 is 0 Å². The molecular weight excluding hydrogens is 268 g/mol. The first-order valence-corrected chi connectivity index (χ1v) is 9.56. The van der Waals surface area contributed by atoms with E-state index in [2.05, 4.69) is 37.2 Å². The van der Waals surface area contributed by atoms with Crippen LogP contribution in [0.4, 0.5) is 0 Å². The summed E-state index contributed by atoms with van der Waals surface area (Å²) >= 11 is 1.92. The van der Waals surface area contributed by atoms with Crippen LogP contribution >= 0.6 is 11.8 Å². The zero-order chi connectivity index (χ0) is 15.0. The van der Waals surface area contributed by atoms with E-state index in [1.807, 2.05) is 11.8 Å². The van der Waals surface area contributed by atoms with Gasteiger partial charge in [0.05, 0.1) is 11.7 Å². The van der Waals surface area contributed by atoms with Gasteiger partial charge < -0.3 is 4.90 Å². The summed E-state index contributed by atoms with van der Waals surface area (Å²) in [7, 11) is 0. The zero-order valence-corrected chi connectivity index (χ0v) is 14.5. The van der Waals surface area contributed by atoms with Crippen LogP contribution in [-0.2, 0) is 4.79 Å². The summed E-state index contributed by atoms with van der Waals surface area (Å²) in [4.78, 5) is 14.7. The third-order valence-corrected chi connectivity index (χ3v) is 5.06. The van der Waals surface area contributed by atoms with E-state index >= 15 is 0 Å². The lowest BCUT2D eigenvalue weighted by molar-refractivity contribution is -0.133. The van der Waals surface area contributed by atoms with Crippen molar-refractivity contribution in [2.75, 3.05) is 18.6 Å². The van der Waals surface area contributed by atoms with Gasteiger partial charge in [-0.2, -0.15) is 11.8 Å². The van der Waals surface area contributed by atoms with Crippen LogP contribution in [0.25, 0.3) is 0 Å². The third-order valence-electron chi connectivity index (χ3n) is 4.36. The maximum atomic E-state index is 12.6. The van der Waals surface area contributed by atoms with Crippen LogP contribution in [0.15, 0.2) is 0 Å². The molecule has 1 rings (SSSR count). The molecule has 2 atom stereocenters. The van der Waals surface area contributed by atoms with Crippen molar-refractivity contribution in [1.29, 1.82) is 0 Å². The Labute approximate surface area is 129 Å². The van der Waals surface area contributed by atoms with E-state index in [1.165, 1.54) is 25.0 Å². The van der Waals surface area contributed by atoms with E-state index in [0.29, 0.717) is 5.91 Å². The third kappa shape index (κ3) is 4.66. The number of amides is 1. The van der Waals surface area contributed by atoms with Gasteiger partial charge in [0.1, 0.15) is 0 Å². The van der Waals surface area contributed by atoms with Crippen LogP contribution in [0.3, 0.4) is 0 Å². The molecular formula is C16H32N2OS. The monoisotopic (exact) mass is 300 g/mol. The largest absolute Gasteiger partial charge is 0.326 e. The summed E-state index contributed by atoms with van der Waals surface area (Å²) in [6.07, 6.45) is 10.4. The van der Waals surface area contributed by atoms with Crippen molar-refractivity contribution >= 4 is 17.7 Å². The van der Waals surface area contributed by atoms with Gasteiger partial charge in [-0.15, -0.1) is 0 Å². The minimum atomic E-state index is -0.335. The van der Waals surface area contributed by atoms with Gasteiger partial charge in [-0.1, -0.05) is 33.1 Å². The number of hydrogen-bond donors (Lipinski definition) is 1. The second-order valence-corrected chi connectivity index (χ2v) is 7.03. The molecule has 118 valence electrons. The molecule has 1 N–H and O–H groups in total. The zero-order valence-electron chi connectivity index (χ0n) is 13.7. The Kier molecular flexibility index (Phi) is 7.96. The van der Waals surface area contributed by atoms with Gasteiger partial charge in [0, 0.05) is 6.54 Å². The summed E-state index contributed by atoms with van der Waals surface area (Å²) < 4.78 is 0. The van der Waals surface area contributed by atoms with E-state index in [9.17, 15) is 4.79 Å². The summed E-state index contributed by atoms with van der Waals surface area (Å²) in [5.41, 5.74) is -0.335. The number of unbranched alkanes of at least 4 members (excludes halogenated alkanes) is 3. The fraction of sp³-hybridized carbons (Fsp3) is 0.938. The molecule has 1 saturated heterocycles. The highest BCUT2D eigenvalue weighted by atomic mass is 32.2. The smallest absolute Gasteiger partial charge is 0.243 e. The van der Waals surface area contributed by atoms with Gasteiger partial charge in [-0.3, -0.25) is 10.1 Å². The number of nitrogens with one attached hydrogen (secondary N) is 1. The lowest BCUT2D eigenvalue weighted by Crippen LogP contribution is -2.43. The van der Waals surface area contributed by atoms with Gasteiger partial charge in [0.25, 0.3) is 0 Å². The Bertz CT molecular complexity index is 298. The first kappa shape index (κ1) is 17.8. The van der Waals surface area contributed by atoms with Crippen LogP contribution in [0.5, 0.6) is 0 Å². The SMILES string of the molecule is CCCC1NC(C)(CC)C(=O)N1CCCCCCSC. The average Bonchev–Trinajstić information content (AvgIpc) is 2.68. The van der Waals surface area contributed by atoms with Gasteiger partial charge in [0.2, 0.25) is 5.91 Å². The highest BCUT2D eigenvalue weighted by Crippen LogP contribution is 2.26. The van der Waals surface area contributed by atoms with Crippen LogP contribution < -0.4 is 5.32 Å². The quantitative estimate of drug-likeness (QED) is 0.625. The lowest BCUT2D eigenvalue weighted by Gasteiger charge is -2.23. The fourth-order valence-electron chi connectivity index (χ4n) is 2.86. The normalized spacial score (nSPS) is 26.5. The van der Waals surface area contributed by atoms with Gasteiger partial charge >= 0.3 is 0 Å². The number of carbonyl (C=O) groups excluding carboxylic acids is 1. The number of hydrogen-bond acceptors (Lipinski definition) is 3. The molecule has 0 aliphatic carbocycles. The van der Waals surface area contributed by atoms with Crippen LogP contribution in [0, 0.1) is 0 Å². The van der Waals surface area contributed by atoms with Crippen molar-refractivity contribution < 1.29 is 4.79 Å². The molecule has 1 aliphatic rings. The molecule has 3 nitrogen and oxygen atoms in total. The van der Waals surface area contributed by atoms with Crippen molar-refractivity contribution in [1.82, 2.24) is 10.2 Å². The topological polar surface area (TPSA) is 32.3 Å². The first-order chi connectivity index (χ1) is 9.59. The second kappa shape index (κ2) is 8.93. The maximum Gasteiger partial charge on any atom is 0.243 e. The Morgan fingerprint density at radius 1 is 1.25 bits per heavy atom. The molecule has 0 saturated carbocycles. The maximum absolute atomic E-state index is 12.6. The molecule has 0 bridgehead atoms. The minimum Gasteiger partial charge on any atom is -0.326 e. The van der Waals surface area contributed by atoms with Crippen LogP contribution in [0.1, 0.15) is 65.7 Å². The van der Waals surface area contributed by atoms with E-state index in [1.54, 1.807) is 0 Å². The highest BCUT2D eigenvalue weighted by Gasteiger charge is 2.45. The van der Waals surface area contributed by atoms with Crippen molar-refractivity contribution in [3.8, 4) is 0 Å². The van der Waals surface area contributed by atoms with Crippen molar-refractivity contribution in [3.63, 3.8) is 0 Å². The molecule has 0 aromatic carbocycles. The van der Waals surface area contributed by atoms with E-state index in [0.717, 1.165) is 32.2 Å². The summed E-state index contributed by atoms with van der Waals surface area (Å²) in [6, 6.07) is 0. The highest BCUT2D eigenvalue weighted by molar-refractivity contribution is 7.98. The molecule has 20 heavy (non-hydrogen) atoms. The number of nitrogens with zero attached hydrogens (tertiary/aromatic N) is 1. The Balaban J connectivity index is 2.42. The van der Waals surface area contributed by atoms with Gasteiger partial charge in [-0.05, 0) is 44.6 Å². The van der Waals surface area contributed by atoms with E-state index in [4.69, 9.17) is 0 Å².